The third-order valence-electron chi connectivity index (χ3n) is 2.74. The van der Waals surface area contributed by atoms with Crippen LogP contribution in [0.3, 0.4) is 0 Å². The molecule has 0 radical (unpaired) electrons. The topological polar surface area (TPSA) is 47.3 Å². The molecule has 86 valence electrons. The minimum atomic E-state index is -0.0556. The van der Waals surface area contributed by atoms with E-state index >= 15 is 0 Å². The molecule has 1 atom stereocenters. The molecule has 4 heteroatoms. The molecule has 2 rings (SSSR count). The van der Waals surface area contributed by atoms with Crippen molar-refractivity contribution < 1.29 is 4.74 Å². The number of ether oxygens (including phenoxy) is 1. The van der Waals surface area contributed by atoms with Gasteiger partial charge in [0.1, 0.15) is 11.8 Å². The molecular weight excluding hydrogens is 268 g/mol. The Morgan fingerprint density at radius 3 is 2.94 bits per heavy atom. The zero-order valence-corrected chi connectivity index (χ0v) is 10.8. The molecule has 0 aromatic heterocycles. The molecule has 16 heavy (non-hydrogen) atoms. The van der Waals surface area contributed by atoms with E-state index in [0.29, 0.717) is 0 Å². The van der Waals surface area contributed by atoms with Crippen molar-refractivity contribution in [3.05, 3.63) is 45.6 Å². The Morgan fingerprint density at radius 2 is 2.31 bits per heavy atom. The van der Waals surface area contributed by atoms with Crippen molar-refractivity contribution >= 4 is 15.9 Å². The summed E-state index contributed by atoms with van der Waals surface area (Å²) in [5.41, 5.74) is 5.15. The average Bonchev–Trinajstić information content (AvgIpc) is 2.78. The summed E-state index contributed by atoms with van der Waals surface area (Å²) >= 11 is 3.47. The molecule has 1 aromatic carbocycles. The summed E-state index contributed by atoms with van der Waals surface area (Å²) in [5.74, 6) is 6.54. The van der Waals surface area contributed by atoms with Crippen LogP contribution in [0.2, 0.25) is 0 Å². The van der Waals surface area contributed by atoms with Crippen LogP contribution in [0.1, 0.15) is 23.6 Å². The standard InChI is InChI=1S/C12H15BrN2O/c1-8-4-5-9(13)7-10(8)12(15-14)11-3-2-6-16-11/h3-5,7,12,15H,2,6,14H2,1H3. The maximum Gasteiger partial charge on any atom is 0.115 e. The van der Waals surface area contributed by atoms with Crippen molar-refractivity contribution in [2.75, 3.05) is 6.61 Å². The lowest BCUT2D eigenvalue weighted by Gasteiger charge is -2.19. The fourth-order valence-corrected chi connectivity index (χ4v) is 2.26. The first kappa shape index (κ1) is 11.6. The molecule has 1 heterocycles. The average molecular weight is 283 g/mol. The van der Waals surface area contributed by atoms with Gasteiger partial charge in [0.25, 0.3) is 0 Å². The molecule has 0 saturated heterocycles. The number of nitrogens with two attached hydrogens (primary N) is 1. The van der Waals surface area contributed by atoms with Gasteiger partial charge in [0, 0.05) is 10.9 Å². The van der Waals surface area contributed by atoms with Crippen molar-refractivity contribution in [3.8, 4) is 0 Å². The van der Waals surface area contributed by atoms with Crippen molar-refractivity contribution in [2.24, 2.45) is 5.84 Å². The van der Waals surface area contributed by atoms with E-state index in [1.54, 1.807) is 0 Å². The third-order valence-corrected chi connectivity index (χ3v) is 3.23. The Kier molecular flexibility index (Phi) is 3.63. The van der Waals surface area contributed by atoms with Gasteiger partial charge < -0.3 is 4.74 Å². The number of rotatable bonds is 3. The van der Waals surface area contributed by atoms with Crippen molar-refractivity contribution in [1.82, 2.24) is 5.43 Å². The Bertz CT molecular complexity index is 417. The first-order valence-corrected chi connectivity index (χ1v) is 6.06. The van der Waals surface area contributed by atoms with Gasteiger partial charge in [-0.2, -0.15) is 0 Å². The number of hydrogen-bond acceptors (Lipinski definition) is 3. The van der Waals surface area contributed by atoms with E-state index in [1.165, 1.54) is 5.56 Å². The summed E-state index contributed by atoms with van der Waals surface area (Å²) in [6.45, 7) is 2.82. The number of hydrogen-bond donors (Lipinski definition) is 2. The molecule has 0 amide bonds. The van der Waals surface area contributed by atoms with Crippen molar-refractivity contribution in [2.45, 2.75) is 19.4 Å². The van der Waals surface area contributed by atoms with Crippen LogP contribution in [0, 0.1) is 6.92 Å². The first-order chi connectivity index (χ1) is 7.72. The van der Waals surface area contributed by atoms with E-state index in [2.05, 4.69) is 46.5 Å². The summed E-state index contributed by atoms with van der Waals surface area (Å²) in [5, 5.41) is 0. The molecule has 3 nitrogen and oxygen atoms in total. The maximum atomic E-state index is 5.62. The largest absolute Gasteiger partial charge is 0.496 e. The maximum absolute atomic E-state index is 5.62. The van der Waals surface area contributed by atoms with Crippen LogP contribution in [0.4, 0.5) is 0 Å². The predicted octanol–water partition coefficient (Wildman–Crippen LogP) is 2.57. The van der Waals surface area contributed by atoms with Crippen molar-refractivity contribution in [1.29, 1.82) is 0 Å². The molecule has 0 bridgehead atoms. The monoisotopic (exact) mass is 282 g/mol. The highest BCUT2D eigenvalue weighted by atomic mass is 79.9. The second kappa shape index (κ2) is 4.99. The molecule has 0 spiro atoms. The van der Waals surface area contributed by atoms with Crippen LogP contribution >= 0.6 is 15.9 Å². The molecule has 0 fully saturated rings. The van der Waals surface area contributed by atoms with Gasteiger partial charge in [-0.05, 0) is 36.3 Å². The normalized spacial score (nSPS) is 16.8. The van der Waals surface area contributed by atoms with Crippen LogP contribution in [0.5, 0.6) is 0 Å². The smallest absolute Gasteiger partial charge is 0.115 e. The highest BCUT2D eigenvalue weighted by molar-refractivity contribution is 9.10. The van der Waals surface area contributed by atoms with E-state index in [1.807, 2.05) is 6.07 Å². The third kappa shape index (κ3) is 2.29. The fraction of sp³-hybridized carbons (Fsp3) is 0.333. The summed E-state index contributed by atoms with van der Waals surface area (Å²) in [6.07, 6.45) is 3.05. The molecule has 1 aliphatic heterocycles. The number of benzene rings is 1. The minimum Gasteiger partial charge on any atom is -0.496 e. The Labute approximate surface area is 104 Å². The van der Waals surface area contributed by atoms with Crippen LogP contribution in [-0.2, 0) is 4.74 Å². The summed E-state index contributed by atoms with van der Waals surface area (Å²) in [6, 6.07) is 6.11. The van der Waals surface area contributed by atoms with Gasteiger partial charge in [0.15, 0.2) is 0 Å². The second-order valence-corrected chi connectivity index (χ2v) is 4.76. The van der Waals surface area contributed by atoms with Crippen molar-refractivity contribution in [3.63, 3.8) is 0 Å². The fourth-order valence-electron chi connectivity index (χ4n) is 1.89. The first-order valence-electron chi connectivity index (χ1n) is 5.27. The van der Waals surface area contributed by atoms with Gasteiger partial charge in [-0.15, -0.1) is 0 Å². The molecule has 1 aromatic rings. The van der Waals surface area contributed by atoms with Gasteiger partial charge in [-0.1, -0.05) is 22.0 Å². The van der Waals surface area contributed by atoms with Crippen LogP contribution < -0.4 is 11.3 Å². The molecule has 0 saturated carbocycles. The summed E-state index contributed by atoms with van der Waals surface area (Å²) in [7, 11) is 0. The van der Waals surface area contributed by atoms with Gasteiger partial charge >= 0.3 is 0 Å². The van der Waals surface area contributed by atoms with Crippen LogP contribution in [-0.4, -0.2) is 6.61 Å². The lowest BCUT2D eigenvalue weighted by Crippen LogP contribution is -2.30. The zero-order valence-electron chi connectivity index (χ0n) is 9.16. The number of hydrazine groups is 1. The molecule has 1 aliphatic rings. The quantitative estimate of drug-likeness (QED) is 0.662. The lowest BCUT2D eigenvalue weighted by atomic mass is 10.0. The van der Waals surface area contributed by atoms with E-state index in [-0.39, 0.29) is 6.04 Å². The molecular formula is C12H15BrN2O. The number of aryl methyl sites for hydroxylation is 1. The highest BCUT2D eigenvalue weighted by Gasteiger charge is 2.21. The van der Waals surface area contributed by atoms with Gasteiger partial charge in [-0.25, -0.2) is 5.43 Å². The van der Waals surface area contributed by atoms with E-state index in [0.717, 1.165) is 28.8 Å². The molecule has 1 unspecified atom stereocenters. The predicted molar refractivity (Wildman–Crippen MR) is 67.6 cm³/mol. The lowest BCUT2D eigenvalue weighted by molar-refractivity contribution is 0.215. The summed E-state index contributed by atoms with van der Waals surface area (Å²) < 4.78 is 6.61. The van der Waals surface area contributed by atoms with Gasteiger partial charge in [0.2, 0.25) is 0 Å². The zero-order chi connectivity index (χ0) is 11.5. The number of halogens is 1. The Balaban J connectivity index is 2.35. The SMILES string of the molecule is Cc1ccc(Br)cc1C(NN)C1=CCCO1. The number of nitrogens with one attached hydrogen (secondary N) is 1. The highest BCUT2D eigenvalue weighted by Crippen LogP contribution is 2.29. The second-order valence-electron chi connectivity index (χ2n) is 3.84. The summed E-state index contributed by atoms with van der Waals surface area (Å²) in [4.78, 5) is 0. The Morgan fingerprint density at radius 1 is 1.50 bits per heavy atom. The minimum absolute atomic E-state index is 0.0556. The molecule has 3 N–H and O–H groups in total. The van der Waals surface area contributed by atoms with E-state index < -0.39 is 0 Å². The molecule has 0 aliphatic carbocycles. The van der Waals surface area contributed by atoms with Gasteiger partial charge in [0.05, 0.1) is 6.61 Å². The van der Waals surface area contributed by atoms with Crippen LogP contribution in [0.25, 0.3) is 0 Å². The van der Waals surface area contributed by atoms with Crippen LogP contribution in [0.15, 0.2) is 34.5 Å². The van der Waals surface area contributed by atoms with Gasteiger partial charge in [-0.3, -0.25) is 5.84 Å². The van der Waals surface area contributed by atoms with E-state index in [9.17, 15) is 0 Å². The Hall–Kier alpha value is -0.840. The van der Waals surface area contributed by atoms with E-state index in [4.69, 9.17) is 10.6 Å².